The number of hydrogen-bond acceptors (Lipinski definition) is 4. The maximum absolute atomic E-state index is 12.0. The predicted octanol–water partition coefficient (Wildman–Crippen LogP) is 11.4. The summed E-state index contributed by atoms with van der Waals surface area (Å²) < 4.78 is 6.56. The normalized spacial score (nSPS) is 12.7. The molecule has 45 heavy (non-hydrogen) atoms. The molecule has 0 saturated heterocycles. The van der Waals surface area contributed by atoms with Gasteiger partial charge in [-0.2, -0.15) is 0 Å². The summed E-state index contributed by atoms with van der Waals surface area (Å²) in [4.78, 5) is 16.8. The maximum Gasteiger partial charge on any atom is 0.164 e. The first kappa shape index (κ1) is 36.5. The van der Waals surface area contributed by atoms with Gasteiger partial charge in [-0.25, -0.2) is 0 Å². The minimum atomic E-state index is -0.319. The zero-order valence-corrected chi connectivity index (χ0v) is 31.0. The fourth-order valence-electron chi connectivity index (χ4n) is 6.11. The topological polar surface area (TPSA) is 59.4 Å². The van der Waals surface area contributed by atoms with Crippen LogP contribution in [0.4, 0.5) is 0 Å². The van der Waals surface area contributed by atoms with Crippen LogP contribution in [-0.2, 0) is 37.7 Å². The molecule has 0 saturated carbocycles. The number of nitrogens with zero attached hydrogens (tertiary/aromatic N) is 1. The van der Waals surface area contributed by atoms with E-state index >= 15 is 0 Å². The molecule has 5 rings (SSSR count). The van der Waals surface area contributed by atoms with Gasteiger partial charge in [-0.15, -0.1) is 17.5 Å². The van der Waals surface area contributed by atoms with Crippen molar-refractivity contribution in [2.45, 2.75) is 101 Å². The Bertz CT molecular complexity index is 1670. The molecule has 1 aliphatic rings. The average molecular weight is 785 g/mol. The zero-order chi connectivity index (χ0) is 32.2. The Kier molecular flexibility index (Phi) is 12.2. The van der Waals surface area contributed by atoms with Crippen LogP contribution >= 0.6 is 0 Å². The van der Waals surface area contributed by atoms with Gasteiger partial charge in [-0.3, -0.25) is 9.78 Å². The fourth-order valence-corrected chi connectivity index (χ4v) is 6.11. The van der Waals surface area contributed by atoms with Gasteiger partial charge in [-0.1, -0.05) is 103 Å². The molecule has 4 nitrogen and oxygen atoms in total. The monoisotopic (exact) mass is 785 g/mol. The first-order valence-corrected chi connectivity index (χ1v) is 16.4. The van der Waals surface area contributed by atoms with E-state index in [9.17, 15) is 9.90 Å². The maximum atomic E-state index is 12.0. The quantitative estimate of drug-likeness (QED) is 0.0919. The van der Waals surface area contributed by atoms with Gasteiger partial charge in [0.1, 0.15) is 5.75 Å². The predicted molar refractivity (Wildman–Crippen MR) is 185 cm³/mol. The molecule has 1 radical (unpaired) electrons. The molecule has 0 amide bonds. The molecule has 0 fully saturated rings. The Morgan fingerprint density at radius 2 is 1.67 bits per heavy atom. The summed E-state index contributed by atoms with van der Waals surface area (Å²) in [6.07, 6.45) is 8.65. The number of aryl methyl sites for hydroxylation is 1. The Labute approximate surface area is 284 Å². The van der Waals surface area contributed by atoms with Crippen LogP contribution < -0.4 is 4.74 Å². The number of aromatic nitrogens is 1. The fraction of sp³-hybridized carbons (Fsp3) is 0.450. The number of ketones is 1. The Balaban J connectivity index is 0.000000282. The van der Waals surface area contributed by atoms with Crippen molar-refractivity contribution in [3.05, 3.63) is 77.7 Å². The van der Waals surface area contributed by atoms with Crippen molar-refractivity contribution in [3.63, 3.8) is 0 Å². The van der Waals surface area contributed by atoms with E-state index in [1.54, 1.807) is 0 Å². The Morgan fingerprint density at radius 3 is 2.27 bits per heavy atom. The number of aliphatic hydroxyl groups is 1. The molecule has 5 heteroatoms. The van der Waals surface area contributed by atoms with E-state index in [0.717, 1.165) is 72.1 Å². The summed E-state index contributed by atoms with van der Waals surface area (Å²) in [5, 5.41) is 14.5. The van der Waals surface area contributed by atoms with Crippen LogP contribution in [-0.4, -0.2) is 15.9 Å². The molecule has 4 aromatic rings. The van der Waals surface area contributed by atoms with Crippen molar-refractivity contribution in [1.82, 2.24) is 4.98 Å². The Morgan fingerprint density at radius 1 is 1.00 bits per heavy atom. The summed E-state index contributed by atoms with van der Waals surface area (Å²) in [6, 6.07) is 18.6. The number of carbonyl (C=O) groups excluding carboxylic acids is 1. The summed E-state index contributed by atoms with van der Waals surface area (Å²) in [7, 11) is 0. The number of ether oxygens (including phenoxy) is 1. The second-order valence-electron chi connectivity index (χ2n) is 13.6. The molecule has 0 unspecified atom stereocenters. The molecular formula is C40H50IrNO3-. The number of rotatable bonds is 9. The molecule has 0 aliphatic carbocycles. The van der Waals surface area contributed by atoms with E-state index in [0.29, 0.717) is 0 Å². The molecule has 2 heterocycles. The van der Waals surface area contributed by atoms with Gasteiger partial charge in [0, 0.05) is 54.8 Å². The van der Waals surface area contributed by atoms with E-state index in [1.807, 2.05) is 40.8 Å². The van der Waals surface area contributed by atoms with E-state index in [-0.39, 0.29) is 48.4 Å². The molecule has 0 bridgehead atoms. The van der Waals surface area contributed by atoms with Crippen LogP contribution in [0.5, 0.6) is 11.5 Å². The molecule has 1 aromatic heterocycles. The second-order valence-corrected chi connectivity index (χ2v) is 13.6. The number of pyridine rings is 1. The molecule has 1 aliphatic heterocycles. The third kappa shape index (κ3) is 7.87. The van der Waals surface area contributed by atoms with Crippen molar-refractivity contribution in [2.24, 2.45) is 16.7 Å². The number of hydrogen-bond donors (Lipinski definition) is 1. The van der Waals surface area contributed by atoms with Crippen molar-refractivity contribution in [3.8, 4) is 22.8 Å². The Hall–Kier alpha value is -3.01. The standard InChI is InChI=1S/C26H24NO.C14H26O2.Ir/c1-5-19-20-9-7-6-8-17(20)14-21-24-23-18(10-11-27-24)12-16(15-26(2,3)4)13-22(23)28-25(19)21;1-6-11(7-2)12(15)10-13(16)14(5,8-3)9-4;/h6-13H,5,15H2,1-4H3;10-11,15H,6-9H2,1-5H3;/q-1;;/b;12-10-;. The number of allylic oxidation sites excluding steroid dienone is 2. The van der Waals surface area contributed by atoms with Crippen LogP contribution in [0.2, 0.25) is 0 Å². The van der Waals surface area contributed by atoms with Crippen molar-refractivity contribution < 1.29 is 34.7 Å². The van der Waals surface area contributed by atoms with Crippen LogP contribution in [0.25, 0.3) is 32.8 Å². The van der Waals surface area contributed by atoms with E-state index in [4.69, 9.17) is 9.72 Å². The molecule has 1 N–H and O–H groups in total. The van der Waals surface area contributed by atoms with Crippen molar-refractivity contribution in [1.29, 1.82) is 0 Å². The summed E-state index contributed by atoms with van der Waals surface area (Å²) >= 11 is 0. The minimum Gasteiger partial charge on any atom is -0.512 e. The number of fused-ring (bicyclic) bond motifs is 3. The molecular weight excluding hydrogens is 735 g/mol. The van der Waals surface area contributed by atoms with Gasteiger partial charge in [0.25, 0.3) is 0 Å². The average Bonchev–Trinajstić information content (AvgIpc) is 2.99. The van der Waals surface area contributed by atoms with E-state index in [2.05, 4.69) is 76.2 Å². The molecule has 243 valence electrons. The van der Waals surface area contributed by atoms with Crippen molar-refractivity contribution in [2.75, 3.05) is 0 Å². The van der Waals surface area contributed by atoms with Gasteiger partial charge in [0.05, 0.1) is 11.5 Å². The minimum absolute atomic E-state index is 0. The van der Waals surface area contributed by atoms with E-state index < -0.39 is 0 Å². The van der Waals surface area contributed by atoms with Crippen LogP contribution in [0.15, 0.2) is 60.5 Å². The first-order chi connectivity index (χ1) is 20.9. The van der Waals surface area contributed by atoms with Gasteiger partial charge in [0.2, 0.25) is 0 Å². The van der Waals surface area contributed by atoms with Gasteiger partial charge in [0.15, 0.2) is 5.78 Å². The summed E-state index contributed by atoms with van der Waals surface area (Å²) in [6.45, 7) is 19.1. The summed E-state index contributed by atoms with van der Waals surface area (Å²) in [5.74, 6) is 2.28. The van der Waals surface area contributed by atoms with Gasteiger partial charge < -0.3 is 9.84 Å². The van der Waals surface area contributed by atoms with E-state index in [1.165, 1.54) is 28.0 Å². The molecule has 3 aromatic carbocycles. The number of carbonyl (C=O) groups is 1. The summed E-state index contributed by atoms with van der Waals surface area (Å²) in [5.41, 5.74) is 4.41. The van der Waals surface area contributed by atoms with Crippen LogP contribution in [0, 0.1) is 22.8 Å². The second kappa shape index (κ2) is 15.1. The third-order valence-electron chi connectivity index (χ3n) is 9.28. The van der Waals surface area contributed by atoms with Gasteiger partial charge >= 0.3 is 0 Å². The number of benzene rings is 3. The first-order valence-electron chi connectivity index (χ1n) is 16.4. The molecule has 0 spiro atoms. The van der Waals surface area contributed by atoms with Crippen LogP contribution in [0.3, 0.4) is 0 Å². The van der Waals surface area contributed by atoms with Crippen molar-refractivity contribution >= 4 is 27.3 Å². The number of aliphatic hydroxyl groups excluding tert-OH is 1. The van der Waals surface area contributed by atoms with Crippen LogP contribution in [0.1, 0.15) is 99.1 Å². The van der Waals surface area contributed by atoms with Gasteiger partial charge in [-0.05, 0) is 67.0 Å². The third-order valence-corrected chi connectivity index (χ3v) is 9.28. The molecule has 0 atom stereocenters. The zero-order valence-electron chi connectivity index (χ0n) is 28.6. The smallest absolute Gasteiger partial charge is 0.164 e. The largest absolute Gasteiger partial charge is 0.512 e. The SMILES string of the molecule is CCC(CC)/C(O)=C/C(=O)C(C)(CC)CC.CCc1c2c([c-]c3ccccc13)-c1nccc3cc(CC(C)(C)C)cc(c13)O2.[Ir].